The zero-order valence-electron chi connectivity index (χ0n) is 11.1. The summed E-state index contributed by atoms with van der Waals surface area (Å²) >= 11 is 5.54. The minimum Gasteiger partial charge on any atom is -0.495 e. The number of ether oxygens (including phenoxy) is 1. The van der Waals surface area contributed by atoms with Crippen molar-refractivity contribution in [2.45, 2.75) is 13.1 Å². The molecule has 4 nitrogen and oxygen atoms in total. The van der Waals surface area contributed by atoms with Gasteiger partial charge in [0.2, 0.25) is 5.95 Å². The van der Waals surface area contributed by atoms with Crippen LogP contribution in [0.25, 0.3) is 0 Å². The molecule has 0 unspecified atom stereocenters. The maximum atomic E-state index is 12.6. The molecule has 0 saturated heterocycles. The van der Waals surface area contributed by atoms with Gasteiger partial charge in [-0.15, -0.1) is 0 Å². The van der Waals surface area contributed by atoms with E-state index in [2.05, 4.69) is 15.3 Å². The highest BCUT2D eigenvalue weighted by Gasteiger charge is 2.34. The van der Waals surface area contributed by atoms with Crippen LogP contribution in [0.1, 0.15) is 11.1 Å². The standard InChI is InChI=1S/C13H11ClF3N3O/c1-7-3-4-9(10(5-7)21-2)19-12-18-6-8(11(14)20-12)13(15,16)17/h3-6H,1-2H3,(H,18,19,20). The van der Waals surface area contributed by atoms with Crippen LogP contribution in [0, 0.1) is 6.92 Å². The van der Waals surface area contributed by atoms with E-state index in [4.69, 9.17) is 16.3 Å². The molecule has 1 aromatic carbocycles. The van der Waals surface area contributed by atoms with Crippen molar-refractivity contribution in [2.24, 2.45) is 0 Å². The molecule has 1 N–H and O–H groups in total. The number of nitrogens with zero attached hydrogens (tertiary/aromatic N) is 2. The largest absolute Gasteiger partial charge is 0.495 e. The van der Waals surface area contributed by atoms with Crippen molar-refractivity contribution in [1.82, 2.24) is 9.97 Å². The van der Waals surface area contributed by atoms with Gasteiger partial charge < -0.3 is 10.1 Å². The molecule has 0 amide bonds. The van der Waals surface area contributed by atoms with E-state index in [-0.39, 0.29) is 5.95 Å². The molecule has 0 radical (unpaired) electrons. The molecule has 0 spiro atoms. The molecule has 0 aliphatic rings. The summed E-state index contributed by atoms with van der Waals surface area (Å²) in [7, 11) is 1.49. The van der Waals surface area contributed by atoms with E-state index in [9.17, 15) is 13.2 Å². The first-order valence-corrected chi connectivity index (χ1v) is 6.20. The number of aromatic nitrogens is 2. The molecular weight excluding hydrogens is 307 g/mol. The third-order valence-electron chi connectivity index (χ3n) is 2.65. The van der Waals surface area contributed by atoms with Crippen molar-refractivity contribution in [3.8, 4) is 5.75 Å². The maximum absolute atomic E-state index is 12.6. The summed E-state index contributed by atoms with van der Waals surface area (Å²) in [6.07, 6.45) is -3.95. The number of benzene rings is 1. The van der Waals surface area contributed by atoms with Gasteiger partial charge in [0, 0.05) is 6.20 Å². The number of rotatable bonds is 3. The Balaban J connectivity index is 2.31. The quantitative estimate of drug-likeness (QED) is 0.861. The fraction of sp³-hybridized carbons (Fsp3) is 0.231. The molecule has 0 bridgehead atoms. The molecule has 0 saturated carbocycles. The van der Waals surface area contributed by atoms with Crippen LogP contribution >= 0.6 is 11.6 Å². The molecule has 8 heteroatoms. The molecule has 0 atom stereocenters. The second-order valence-electron chi connectivity index (χ2n) is 4.22. The smallest absolute Gasteiger partial charge is 0.420 e. The molecule has 112 valence electrons. The maximum Gasteiger partial charge on any atom is 0.420 e. The summed E-state index contributed by atoms with van der Waals surface area (Å²) in [5, 5.41) is 2.11. The number of alkyl halides is 3. The Hall–Kier alpha value is -2.02. The molecule has 1 heterocycles. The van der Waals surface area contributed by atoms with E-state index < -0.39 is 16.9 Å². The number of nitrogens with one attached hydrogen (secondary N) is 1. The van der Waals surface area contributed by atoms with Crippen LogP contribution in [0.4, 0.5) is 24.8 Å². The predicted octanol–water partition coefficient (Wildman–Crippen LogP) is 4.21. The van der Waals surface area contributed by atoms with E-state index in [1.165, 1.54) is 7.11 Å². The Morgan fingerprint density at radius 3 is 2.57 bits per heavy atom. The molecule has 21 heavy (non-hydrogen) atoms. The zero-order chi connectivity index (χ0) is 15.6. The Labute approximate surface area is 123 Å². The minimum atomic E-state index is -4.59. The normalized spacial score (nSPS) is 11.3. The van der Waals surface area contributed by atoms with Gasteiger partial charge in [0.1, 0.15) is 16.5 Å². The number of halogens is 4. The highest BCUT2D eigenvalue weighted by Crippen LogP contribution is 2.34. The SMILES string of the molecule is COc1cc(C)ccc1Nc1ncc(C(F)(F)F)c(Cl)n1. The summed E-state index contributed by atoms with van der Waals surface area (Å²) in [6, 6.07) is 5.30. The lowest BCUT2D eigenvalue weighted by molar-refractivity contribution is -0.137. The highest BCUT2D eigenvalue weighted by molar-refractivity contribution is 6.30. The fourth-order valence-electron chi connectivity index (χ4n) is 1.63. The third kappa shape index (κ3) is 3.55. The van der Waals surface area contributed by atoms with E-state index in [1.54, 1.807) is 12.1 Å². The molecule has 2 aromatic rings. The van der Waals surface area contributed by atoms with Crippen LogP contribution < -0.4 is 10.1 Å². The Kier molecular flexibility index (Phi) is 4.22. The van der Waals surface area contributed by atoms with Gasteiger partial charge >= 0.3 is 6.18 Å². The second kappa shape index (κ2) is 5.77. The van der Waals surface area contributed by atoms with Crippen molar-refractivity contribution in [3.63, 3.8) is 0 Å². The van der Waals surface area contributed by atoms with Crippen molar-refractivity contribution in [1.29, 1.82) is 0 Å². The Morgan fingerprint density at radius 1 is 1.29 bits per heavy atom. The van der Waals surface area contributed by atoms with Crippen LogP contribution in [-0.4, -0.2) is 17.1 Å². The van der Waals surface area contributed by atoms with Crippen LogP contribution in [-0.2, 0) is 6.18 Å². The summed E-state index contributed by atoms with van der Waals surface area (Å²) in [5.74, 6) is 0.477. The first kappa shape index (κ1) is 15.4. The lowest BCUT2D eigenvalue weighted by Gasteiger charge is -2.12. The lowest BCUT2D eigenvalue weighted by Crippen LogP contribution is -2.09. The van der Waals surface area contributed by atoms with Crippen molar-refractivity contribution in [3.05, 3.63) is 40.7 Å². The average Bonchev–Trinajstić information content (AvgIpc) is 2.39. The summed E-state index contributed by atoms with van der Waals surface area (Å²) in [6.45, 7) is 1.89. The lowest BCUT2D eigenvalue weighted by atomic mass is 10.2. The number of anilines is 2. The van der Waals surface area contributed by atoms with Gasteiger partial charge in [0.25, 0.3) is 0 Å². The van der Waals surface area contributed by atoms with E-state index >= 15 is 0 Å². The molecular formula is C13H11ClF3N3O. The summed E-state index contributed by atoms with van der Waals surface area (Å²) in [4.78, 5) is 7.22. The van der Waals surface area contributed by atoms with Gasteiger partial charge in [-0.25, -0.2) is 9.97 Å². The molecule has 0 fully saturated rings. The average molecular weight is 318 g/mol. The van der Waals surface area contributed by atoms with Gasteiger partial charge in [0.05, 0.1) is 12.8 Å². The van der Waals surface area contributed by atoms with Crippen molar-refractivity contribution in [2.75, 3.05) is 12.4 Å². The number of hydrogen-bond donors (Lipinski definition) is 1. The van der Waals surface area contributed by atoms with Crippen molar-refractivity contribution < 1.29 is 17.9 Å². The second-order valence-corrected chi connectivity index (χ2v) is 4.58. The van der Waals surface area contributed by atoms with Crippen LogP contribution in [0.5, 0.6) is 5.75 Å². The van der Waals surface area contributed by atoms with E-state index in [0.29, 0.717) is 17.6 Å². The summed E-state index contributed by atoms with van der Waals surface area (Å²) < 4.78 is 42.9. The topological polar surface area (TPSA) is 47.0 Å². The van der Waals surface area contributed by atoms with Gasteiger partial charge in [-0.2, -0.15) is 13.2 Å². The van der Waals surface area contributed by atoms with Crippen LogP contribution in [0.3, 0.4) is 0 Å². The van der Waals surface area contributed by atoms with Gasteiger partial charge in [-0.05, 0) is 24.6 Å². The monoisotopic (exact) mass is 317 g/mol. The first-order chi connectivity index (χ1) is 9.81. The van der Waals surface area contributed by atoms with Crippen LogP contribution in [0.2, 0.25) is 5.15 Å². The van der Waals surface area contributed by atoms with Gasteiger partial charge in [0.15, 0.2) is 0 Å². The minimum absolute atomic E-state index is 0.0462. The van der Waals surface area contributed by atoms with Gasteiger partial charge in [-0.1, -0.05) is 17.7 Å². The van der Waals surface area contributed by atoms with E-state index in [0.717, 1.165) is 5.56 Å². The Morgan fingerprint density at radius 2 is 2.00 bits per heavy atom. The number of methoxy groups -OCH3 is 1. The number of hydrogen-bond acceptors (Lipinski definition) is 4. The van der Waals surface area contributed by atoms with Gasteiger partial charge in [-0.3, -0.25) is 0 Å². The predicted molar refractivity (Wildman–Crippen MR) is 73.1 cm³/mol. The third-order valence-corrected chi connectivity index (χ3v) is 2.94. The molecule has 2 rings (SSSR count). The van der Waals surface area contributed by atoms with E-state index in [1.807, 2.05) is 13.0 Å². The molecule has 1 aromatic heterocycles. The van der Waals surface area contributed by atoms with Crippen molar-refractivity contribution >= 4 is 23.2 Å². The van der Waals surface area contributed by atoms with Crippen LogP contribution in [0.15, 0.2) is 24.4 Å². The highest BCUT2D eigenvalue weighted by atomic mass is 35.5. The summed E-state index contributed by atoms with van der Waals surface area (Å²) in [5.41, 5.74) is 0.424. The fourth-order valence-corrected chi connectivity index (χ4v) is 1.87. The zero-order valence-corrected chi connectivity index (χ0v) is 11.9. The first-order valence-electron chi connectivity index (χ1n) is 5.82. The Bertz CT molecular complexity index is 662. The molecule has 0 aliphatic heterocycles. The number of aryl methyl sites for hydroxylation is 1. The molecule has 0 aliphatic carbocycles.